The second-order valence-corrected chi connectivity index (χ2v) is 7.27. The first kappa shape index (κ1) is 15.7. The van der Waals surface area contributed by atoms with Gasteiger partial charge in [0.2, 0.25) is 5.89 Å². The van der Waals surface area contributed by atoms with Gasteiger partial charge < -0.3 is 15.6 Å². The van der Waals surface area contributed by atoms with Gasteiger partial charge in [0, 0.05) is 19.9 Å². The normalized spacial score (nSPS) is 11.7. The zero-order chi connectivity index (χ0) is 15.5. The standard InChI is InChI=1S/C11H17N5O3S2/c1-3-6-21(17,18)9-10(12)16-20-11(9)13-5-4-8-14-7(2)19-15-8/h13H,3-6H2,1-2H3,(H2,12,16). The molecule has 0 radical (unpaired) electrons. The second kappa shape index (κ2) is 6.39. The van der Waals surface area contributed by atoms with Gasteiger partial charge in [-0.2, -0.15) is 9.36 Å². The van der Waals surface area contributed by atoms with E-state index >= 15 is 0 Å². The van der Waals surface area contributed by atoms with E-state index in [2.05, 4.69) is 19.8 Å². The Labute approximate surface area is 126 Å². The van der Waals surface area contributed by atoms with E-state index in [0.717, 1.165) is 11.5 Å². The highest BCUT2D eigenvalue weighted by molar-refractivity contribution is 7.91. The maximum absolute atomic E-state index is 12.2. The number of aromatic nitrogens is 3. The molecule has 0 amide bonds. The SMILES string of the molecule is CCCS(=O)(=O)c1c(N)nsc1NCCc1noc(C)n1. The number of nitrogens with two attached hydrogens (primary N) is 1. The third-order valence-corrected chi connectivity index (χ3v) is 5.59. The lowest BCUT2D eigenvalue weighted by Gasteiger charge is -2.06. The summed E-state index contributed by atoms with van der Waals surface area (Å²) < 4.78 is 33.1. The molecular weight excluding hydrogens is 314 g/mol. The zero-order valence-electron chi connectivity index (χ0n) is 11.8. The highest BCUT2D eigenvalue weighted by atomic mass is 32.2. The molecule has 0 fully saturated rings. The number of hydrogen-bond acceptors (Lipinski definition) is 9. The van der Waals surface area contributed by atoms with Crippen molar-refractivity contribution < 1.29 is 12.9 Å². The monoisotopic (exact) mass is 331 g/mol. The molecule has 2 aromatic rings. The topological polar surface area (TPSA) is 124 Å². The van der Waals surface area contributed by atoms with Crippen molar-refractivity contribution in [3.63, 3.8) is 0 Å². The van der Waals surface area contributed by atoms with E-state index in [4.69, 9.17) is 10.3 Å². The Bertz CT molecular complexity index is 707. The Morgan fingerprint density at radius 3 is 2.81 bits per heavy atom. The lowest BCUT2D eigenvalue weighted by molar-refractivity contribution is 0.387. The fourth-order valence-electron chi connectivity index (χ4n) is 1.81. The molecule has 21 heavy (non-hydrogen) atoms. The lowest BCUT2D eigenvalue weighted by Crippen LogP contribution is -2.12. The van der Waals surface area contributed by atoms with Crippen LogP contribution < -0.4 is 11.1 Å². The molecule has 2 rings (SSSR count). The van der Waals surface area contributed by atoms with Crippen LogP contribution in [-0.2, 0) is 16.3 Å². The smallest absolute Gasteiger partial charge is 0.223 e. The molecule has 2 heterocycles. The van der Waals surface area contributed by atoms with Gasteiger partial charge in [0.05, 0.1) is 5.75 Å². The molecule has 0 aliphatic heterocycles. The molecule has 3 N–H and O–H groups in total. The van der Waals surface area contributed by atoms with Gasteiger partial charge in [0.1, 0.15) is 9.90 Å². The molecule has 2 aromatic heterocycles. The van der Waals surface area contributed by atoms with Crippen molar-refractivity contribution in [3.8, 4) is 0 Å². The molecule has 10 heteroatoms. The van der Waals surface area contributed by atoms with E-state index in [1.807, 2.05) is 0 Å². The molecule has 0 unspecified atom stereocenters. The van der Waals surface area contributed by atoms with Crippen molar-refractivity contribution in [2.75, 3.05) is 23.3 Å². The summed E-state index contributed by atoms with van der Waals surface area (Å²) in [5.41, 5.74) is 5.68. The first-order chi connectivity index (χ1) is 9.94. The zero-order valence-corrected chi connectivity index (χ0v) is 13.4. The van der Waals surface area contributed by atoms with Gasteiger partial charge in [-0.3, -0.25) is 0 Å². The highest BCUT2D eigenvalue weighted by Crippen LogP contribution is 2.32. The number of rotatable bonds is 7. The quantitative estimate of drug-likeness (QED) is 0.777. The van der Waals surface area contributed by atoms with Gasteiger partial charge in [0.25, 0.3) is 0 Å². The van der Waals surface area contributed by atoms with E-state index in [9.17, 15) is 8.42 Å². The number of hydrogen-bond donors (Lipinski definition) is 2. The van der Waals surface area contributed by atoms with E-state index in [-0.39, 0.29) is 16.5 Å². The summed E-state index contributed by atoms with van der Waals surface area (Å²) in [4.78, 5) is 4.17. The molecule has 0 aliphatic carbocycles. The van der Waals surface area contributed by atoms with E-state index in [1.165, 1.54) is 0 Å². The van der Waals surface area contributed by atoms with Crippen LogP contribution in [0.1, 0.15) is 25.1 Å². The molecule has 0 atom stereocenters. The van der Waals surface area contributed by atoms with Crippen molar-refractivity contribution in [1.82, 2.24) is 14.5 Å². The summed E-state index contributed by atoms with van der Waals surface area (Å²) in [5, 5.41) is 7.26. The van der Waals surface area contributed by atoms with Crippen LogP contribution in [0.5, 0.6) is 0 Å². The Morgan fingerprint density at radius 1 is 1.43 bits per heavy atom. The summed E-state index contributed by atoms with van der Waals surface area (Å²) in [5.74, 6) is 1.16. The number of nitrogens with zero attached hydrogens (tertiary/aromatic N) is 3. The van der Waals surface area contributed by atoms with Crippen molar-refractivity contribution in [2.24, 2.45) is 0 Å². The summed E-state index contributed by atoms with van der Waals surface area (Å²) in [6, 6.07) is 0. The molecule has 0 saturated heterocycles. The minimum absolute atomic E-state index is 0.0476. The average molecular weight is 331 g/mol. The average Bonchev–Trinajstić information content (AvgIpc) is 2.96. The predicted molar refractivity (Wildman–Crippen MR) is 80.1 cm³/mol. The number of nitrogen functional groups attached to an aromatic ring is 1. The second-order valence-electron chi connectivity index (χ2n) is 4.45. The Morgan fingerprint density at radius 2 is 2.19 bits per heavy atom. The van der Waals surface area contributed by atoms with Crippen LogP contribution in [0.25, 0.3) is 0 Å². The number of aryl methyl sites for hydroxylation is 1. The molecule has 8 nitrogen and oxygen atoms in total. The molecule has 0 bridgehead atoms. The van der Waals surface area contributed by atoms with Gasteiger partial charge in [-0.1, -0.05) is 12.1 Å². The molecule has 0 saturated carbocycles. The van der Waals surface area contributed by atoms with Gasteiger partial charge >= 0.3 is 0 Å². The van der Waals surface area contributed by atoms with Gasteiger partial charge in [0.15, 0.2) is 21.5 Å². The van der Waals surface area contributed by atoms with Gasteiger partial charge in [-0.25, -0.2) is 8.42 Å². The fourth-order valence-corrected chi connectivity index (χ4v) is 4.45. The van der Waals surface area contributed by atoms with Crippen LogP contribution in [0.2, 0.25) is 0 Å². The van der Waals surface area contributed by atoms with Crippen LogP contribution in [0.4, 0.5) is 10.8 Å². The third kappa shape index (κ3) is 3.70. The summed E-state index contributed by atoms with van der Waals surface area (Å²) in [6.07, 6.45) is 1.04. The first-order valence-electron chi connectivity index (χ1n) is 6.45. The van der Waals surface area contributed by atoms with Gasteiger partial charge in [-0.05, 0) is 18.0 Å². The third-order valence-electron chi connectivity index (χ3n) is 2.66. The van der Waals surface area contributed by atoms with Gasteiger partial charge in [-0.15, -0.1) is 0 Å². The number of anilines is 2. The molecule has 0 aromatic carbocycles. The highest BCUT2D eigenvalue weighted by Gasteiger charge is 2.24. The van der Waals surface area contributed by atoms with Crippen molar-refractivity contribution in [2.45, 2.75) is 31.6 Å². The molecular formula is C11H17N5O3S2. The Balaban J connectivity index is 2.07. The van der Waals surface area contributed by atoms with E-state index in [1.54, 1.807) is 13.8 Å². The summed E-state index contributed by atoms with van der Waals surface area (Å²) in [7, 11) is -3.41. The van der Waals surface area contributed by atoms with E-state index < -0.39 is 9.84 Å². The van der Waals surface area contributed by atoms with E-state index in [0.29, 0.717) is 36.1 Å². The Kier molecular flexibility index (Phi) is 4.78. The maximum Gasteiger partial charge on any atom is 0.223 e. The van der Waals surface area contributed by atoms with Crippen LogP contribution in [0.3, 0.4) is 0 Å². The van der Waals surface area contributed by atoms with Crippen molar-refractivity contribution >= 4 is 32.2 Å². The van der Waals surface area contributed by atoms with Crippen LogP contribution in [0.15, 0.2) is 9.42 Å². The summed E-state index contributed by atoms with van der Waals surface area (Å²) in [6.45, 7) is 3.98. The largest absolute Gasteiger partial charge is 0.382 e. The predicted octanol–water partition coefficient (Wildman–Crippen LogP) is 1.26. The molecule has 116 valence electrons. The van der Waals surface area contributed by atoms with Crippen molar-refractivity contribution in [3.05, 3.63) is 11.7 Å². The minimum Gasteiger partial charge on any atom is -0.382 e. The van der Waals surface area contributed by atoms with Crippen LogP contribution >= 0.6 is 11.5 Å². The first-order valence-corrected chi connectivity index (χ1v) is 8.87. The number of sulfone groups is 1. The minimum atomic E-state index is -3.41. The summed E-state index contributed by atoms with van der Waals surface area (Å²) >= 11 is 1.04. The van der Waals surface area contributed by atoms with Crippen LogP contribution in [0, 0.1) is 6.92 Å². The molecule has 0 aliphatic rings. The van der Waals surface area contributed by atoms with Crippen molar-refractivity contribution in [1.29, 1.82) is 0 Å². The Hall–Kier alpha value is -1.68. The lowest BCUT2D eigenvalue weighted by atomic mass is 10.4. The fraction of sp³-hybridized carbons (Fsp3) is 0.545. The maximum atomic E-state index is 12.2. The van der Waals surface area contributed by atoms with Crippen LogP contribution in [-0.4, -0.2) is 35.2 Å². The number of nitrogens with one attached hydrogen (secondary N) is 1. The molecule has 0 spiro atoms.